The van der Waals surface area contributed by atoms with Gasteiger partial charge >= 0.3 is 0 Å². The molecule has 1 saturated heterocycles. The molecular weight excluding hydrogens is 208 g/mol. The van der Waals surface area contributed by atoms with E-state index in [1.165, 1.54) is 38.6 Å². The van der Waals surface area contributed by atoms with E-state index >= 15 is 0 Å². The lowest BCUT2D eigenvalue weighted by Gasteiger charge is -2.55. The highest BCUT2D eigenvalue weighted by atomic mass is 15.3. The van der Waals surface area contributed by atoms with E-state index < -0.39 is 0 Å². The Labute approximate surface area is 107 Å². The van der Waals surface area contributed by atoms with Crippen LogP contribution in [-0.4, -0.2) is 29.6 Å². The average molecular weight is 238 g/mol. The van der Waals surface area contributed by atoms with Gasteiger partial charge in [-0.25, -0.2) is 0 Å². The molecular formula is C15H30N2. The molecule has 0 bridgehead atoms. The third kappa shape index (κ3) is 1.94. The molecule has 0 aromatic heterocycles. The van der Waals surface area contributed by atoms with Gasteiger partial charge in [0.1, 0.15) is 0 Å². The highest BCUT2D eigenvalue weighted by Crippen LogP contribution is 2.51. The fourth-order valence-electron chi connectivity index (χ4n) is 4.36. The van der Waals surface area contributed by atoms with Gasteiger partial charge in [-0.3, -0.25) is 4.90 Å². The van der Waals surface area contributed by atoms with Crippen LogP contribution in [0.25, 0.3) is 0 Å². The third-order valence-electron chi connectivity index (χ3n) is 5.91. The molecule has 0 spiro atoms. The molecule has 2 rings (SSSR count). The second-order valence-corrected chi connectivity index (χ2v) is 7.03. The van der Waals surface area contributed by atoms with Crippen LogP contribution in [0.3, 0.4) is 0 Å². The largest absolute Gasteiger partial charge is 0.329 e. The fraction of sp³-hybridized carbons (Fsp3) is 1.00. The van der Waals surface area contributed by atoms with E-state index in [1.807, 2.05) is 0 Å². The predicted molar refractivity (Wildman–Crippen MR) is 74.0 cm³/mol. The maximum Gasteiger partial charge on any atom is 0.0385 e. The van der Waals surface area contributed by atoms with Crippen molar-refractivity contribution < 1.29 is 0 Å². The topological polar surface area (TPSA) is 29.3 Å². The number of nitrogens with two attached hydrogens (primary N) is 1. The van der Waals surface area contributed by atoms with Gasteiger partial charge in [-0.2, -0.15) is 0 Å². The van der Waals surface area contributed by atoms with Crippen molar-refractivity contribution in [1.29, 1.82) is 0 Å². The number of nitrogens with zero attached hydrogens (tertiary/aromatic N) is 1. The molecule has 3 atom stereocenters. The van der Waals surface area contributed by atoms with Crippen LogP contribution in [0.4, 0.5) is 0 Å². The van der Waals surface area contributed by atoms with Gasteiger partial charge in [-0.1, -0.05) is 27.2 Å². The standard InChI is InChI=1S/C15H30N2/c1-12-7-5-10-17(13(12)2)15(11-16)9-6-8-14(15,3)4/h12-13H,5-11,16H2,1-4H3. The average Bonchev–Trinajstić information content (AvgIpc) is 2.58. The van der Waals surface area contributed by atoms with Crippen LogP contribution in [0.1, 0.15) is 59.8 Å². The quantitative estimate of drug-likeness (QED) is 0.801. The molecule has 0 radical (unpaired) electrons. The summed E-state index contributed by atoms with van der Waals surface area (Å²) in [6.07, 6.45) is 6.72. The number of hydrogen-bond donors (Lipinski definition) is 1. The van der Waals surface area contributed by atoms with Crippen LogP contribution in [0.5, 0.6) is 0 Å². The first kappa shape index (κ1) is 13.4. The summed E-state index contributed by atoms with van der Waals surface area (Å²) in [5.74, 6) is 0.823. The van der Waals surface area contributed by atoms with E-state index in [0.717, 1.165) is 12.5 Å². The molecule has 2 nitrogen and oxygen atoms in total. The lowest BCUT2D eigenvalue weighted by atomic mass is 9.71. The van der Waals surface area contributed by atoms with Crippen LogP contribution in [-0.2, 0) is 0 Å². The first-order chi connectivity index (χ1) is 7.94. The summed E-state index contributed by atoms with van der Waals surface area (Å²) in [5, 5.41) is 0. The van der Waals surface area contributed by atoms with Crippen molar-refractivity contribution in [2.45, 2.75) is 71.4 Å². The smallest absolute Gasteiger partial charge is 0.0385 e. The summed E-state index contributed by atoms with van der Waals surface area (Å²) in [5.41, 5.74) is 6.89. The SMILES string of the molecule is CC1CCCN(C2(CN)CCCC2(C)C)C1C. The Morgan fingerprint density at radius 1 is 1.18 bits per heavy atom. The number of hydrogen-bond acceptors (Lipinski definition) is 2. The van der Waals surface area contributed by atoms with E-state index in [4.69, 9.17) is 5.73 Å². The van der Waals surface area contributed by atoms with E-state index in [2.05, 4.69) is 32.6 Å². The Bertz CT molecular complexity index is 274. The summed E-state index contributed by atoms with van der Waals surface area (Å²) >= 11 is 0. The van der Waals surface area contributed by atoms with E-state index in [-0.39, 0.29) is 5.54 Å². The molecule has 3 unspecified atom stereocenters. The van der Waals surface area contributed by atoms with Gasteiger partial charge in [0, 0.05) is 18.1 Å². The first-order valence-corrected chi connectivity index (χ1v) is 7.41. The highest BCUT2D eigenvalue weighted by Gasteiger charge is 2.53. The zero-order chi connectivity index (χ0) is 12.7. The lowest BCUT2D eigenvalue weighted by Crippen LogP contribution is -2.64. The zero-order valence-corrected chi connectivity index (χ0v) is 12.1. The predicted octanol–water partition coefficient (Wildman–Crippen LogP) is 3.01. The Morgan fingerprint density at radius 3 is 2.41 bits per heavy atom. The second-order valence-electron chi connectivity index (χ2n) is 7.03. The van der Waals surface area contributed by atoms with Gasteiger partial charge in [0.25, 0.3) is 0 Å². The van der Waals surface area contributed by atoms with Gasteiger partial charge in [-0.05, 0) is 50.5 Å². The number of likely N-dealkylation sites (tertiary alicyclic amines) is 1. The maximum absolute atomic E-state index is 6.24. The van der Waals surface area contributed by atoms with Crippen LogP contribution >= 0.6 is 0 Å². The number of piperidine rings is 1. The minimum absolute atomic E-state index is 0.265. The minimum Gasteiger partial charge on any atom is -0.329 e. The van der Waals surface area contributed by atoms with Crippen LogP contribution in [0.15, 0.2) is 0 Å². The molecule has 2 fully saturated rings. The molecule has 1 saturated carbocycles. The Hall–Kier alpha value is -0.0800. The van der Waals surface area contributed by atoms with Crippen LogP contribution < -0.4 is 5.73 Å². The van der Waals surface area contributed by atoms with Crippen molar-refractivity contribution >= 4 is 0 Å². The normalized spacial score (nSPS) is 42.9. The molecule has 2 aliphatic rings. The van der Waals surface area contributed by atoms with Crippen molar-refractivity contribution in [3.63, 3.8) is 0 Å². The van der Waals surface area contributed by atoms with Gasteiger partial charge in [0.15, 0.2) is 0 Å². The molecule has 2 heteroatoms. The van der Waals surface area contributed by atoms with Crippen molar-refractivity contribution in [3.8, 4) is 0 Å². The molecule has 0 amide bonds. The summed E-state index contributed by atoms with van der Waals surface area (Å²) in [6.45, 7) is 11.8. The first-order valence-electron chi connectivity index (χ1n) is 7.41. The summed E-state index contributed by atoms with van der Waals surface area (Å²) in [6, 6.07) is 0.699. The van der Waals surface area contributed by atoms with E-state index in [1.54, 1.807) is 0 Å². The van der Waals surface area contributed by atoms with Gasteiger partial charge in [0.2, 0.25) is 0 Å². The fourth-order valence-corrected chi connectivity index (χ4v) is 4.36. The summed E-state index contributed by atoms with van der Waals surface area (Å²) in [4.78, 5) is 2.77. The molecule has 0 aromatic carbocycles. The molecule has 100 valence electrons. The summed E-state index contributed by atoms with van der Waals surface area (Å²) < 4.78 is 0. The molecule has 2 N–H and O–H groups in total. The Balaban J connectivity index is 2.28. The molecule has 1 heterocycles. The van der Waals surface area contributed by atoms with Gasteiger partial charge in [-0.15, -0.1) is 0 Å². The maximum atomic E-state index is 6.24. The number of rotatable bonds is 2. The zero-order valence-electron chi connectivity index (χ0n) is 12.1. The van der Waals surface area contributed by atoms with Crippen molar-refractivity contribution in [2.24, 2.45) is 17.1 Å². The van der Waals surface area contributed by atoms with Crippen molar-refractivity contribution in [1.82, 2.24) is 4.90 Å². The van der Waals surface area contributed by atoms with Crippen molar-refractivity contribution in [2.75, 3.05) is 13.1 Å². The molecule has 1 aliphatic heterocycles. The van der Waals surface area contributed by atoms with Gasteiger partial charge in [0.05, 0.1) is 0 Å². The molecule has 17 heavy (non-hydrogen) atoms. The van der Waals surface area contributed by atoms with Crippen LogP contribution in [0, 0.1) is 11.3 Å². The summed E-state index contributed by atoms with van der Waals surface area (Å²) in [7, 11) is 0. The Morgan fingerprint density at radius 2 is 1.88 bits per heavy atom. The van der Waals surface area contributed by atoms with Gasteiger partial charge < -0.3 is 5.73 Å². The monoisotopic (exact) mass is 238 g/mol. The van der Waals surface area contributed by atoms with Crippen molar-refractivity contribution in [3.05, 3.63) is 0 Å². The molecule has 1 aliphatic carbocycles. The van der Waals surface area contributed by atoms with Crippen LogP contribution in [0.2, 0.25) is 0 Å². The van der Waals surface area contributed by atoms with E-state index in [0.29, 0.717) is 11.5 Å². The highest BCUT2D eigenvalue weighted by molar-refractivity contribution is 5.09. The van der Waals surface area contributed by atoms with E-state index in [9.17, 15) is 0 Å². The molecule has 0 aromatic rings. The Kier molecular flexibility index (Phi) is 3.57. The second kappa shape index (κ2) is 4.55. The third-order valence-corrected chi connectivity index (χ3v) is 5.91. The lowest BCUT2D eigenvalue weighted by molar-refractivity contribution is -0.0478. The minimum atomic E-state index is 0.265.